The van der Waals surface area contributed by atoms with Crippen LogP contribution < -0.4 is 11.1 Å². The molecule has 1 unspecified atom stereocenters. The monoisotopic (exact) mass is 314 g/mol. The van der Waals surface area contributed by atoms with E-state index in [4.69, 9.17) is 28.9 Å². The smallest absolute Gasteiger partial charge is 0.221 e. The minimum atomic E-state index is -0.119. The van der Waals surface area contributed by atoms with Gasteiger partial charge in [-0.3, -0.25) is 4.79 Å². The van der Waals surface area contributed by atoms with E-state index < -0.39 is 0 Å². The Morgan fingerprint density at radius 1 is 1.45 bits per heavy atom. The second-order valence-electron chi connectivity index (χ2n) is 5.72. The predicted molar refractivity (Wildman–Crippen MR) is 83.3 cm³/mol. The molecule has 0 heterocycles. The summed E-state index contributed by atoms with van der Waals surface area (Å²) in [7, 11) is 0. The molecule has 0 spiro atoms. The van der Waals surface area contributed by atoms with Crippen molar-refractivity contribution in [3.8, 4) is 0 Å². The average molecular weight is 315 g/mol. The van der Waals surface area contributed by atoms with Crippen LogP contribution in [0.4, 0.5) is 0 Å². The summed E-state index contributed by atoms with van der Waals surface area (Å²) < 4.78 is 0. The van der Waals surface area contributed by atoms with E-state index in [0.717, 1.165) is 24.8 Å². The van der Waals surface area contributed by atoms with Crippen LogP contribution in [0.25, 0.3) is 0 Å². The van der Waals surface area contributed by atoms with Gasteiger partial charge >= 0.3 is 0 Å². The maximum Gasteiger partial charge on any atom is 0.221 e. The Morgan fingerprint density at radius 2 is 2.15 bits per heavy atom. The minimum Gasteiger partial charge on any atom is -0.355 e. The van der Waals surface area contributed by atoms with Gasteiger partial charge in [0, 0.05) is 34.5 Å². The van der Waals surface area contributed by atoms with Crippen LogP contribution in [0.1, 0.15) is 38.2 Å². The van der Waals surface area contributed by atoms with Gasteiger partial charge in [-0.1, -0.05) is 35.7 Å². The molecule has 1 amide bonds. The average Bonchev–Trinajstić information content (AvgIpc) is 2.28. The molecular weight excluding hydrogens is 295 g/mol. The molecular formula is C15H20Cl2N2O. The molecule has 0 aromatic heterocycles. The first-order valence-corrected chi connectivity index (χ1v) is 7.66. The molecule has 5 heteroatoms. The van der Waals surface area contributed by atoms with Gasteiger partial charge in [-0.05, 0) is 37.5 Å². The number of carbonyl (C=O) groups is 1. The lowest BCUT2D eigenvalue weighted by Gasteiger charge is -2.43. The molecule has 0 saturated heterocycles. The van der Waals surface area contributed by atoms with Gasteiger partial charge in [0.2, 0.25) is 5.91 Å². The Bertz CT molecular complexity index is 499. The molecule has 1 aliphatic rings. The molecule has 1 fully saturated rings. The lowest BCUT2D eigenvalue weighted by molar-refractivity contribution is -0.121. The molecule has 1 atom stereocenters. The molecule has 1 saturated carbocycles. The summed E-state index contributed by atoms with van der Waals surface area (Å²) in [6.07, 6.45) is 3.58. The van der Waals surface area contributed by atoms with Gasteiger partial charge in [0.05, 0.1) is 0 Å². The van der Waals surface area contributed by atoms with Gasteiger partial charge in [-0.25, -0.2) is 0 Å². The fourth-order valence-electron chi connectivity index (χ4n) is 2.70. The fourth-order valence-corrected chi connectivity index (χ4v) is 3.31. The normalized spacial score (nSPS) is 18.2. The standard InChI is InChI=1S/C15H20Cl2N2O/c1-10(18)7-14(20)19-9-15(5-2-6-15)12-4-3-11(16)8-13(12)17/h3-4,8,10H,2,5-7,9,18H2,1H3,(H,19,20). The van der Waals surface area contributed by atoms with Crippen LogP contribution in [0.15, 0.2) is 18.2 Å². The Morgan fingerprint density at radius 3 is 2.65 bits per heavy atom. The van der Waals surface area contributed by atoms with Crippen molar-refractivity contribution in [3.05, 3.63) is 33.8 Å². The topological polar surface area (TPSA) is 55.1 Å². The molecule has 3 N–H and O–H groups in total. The molecule has 0 aliphatic heterocycles. The van der Waals surface area contributed by atoms with Crippen LogP contribution >= 0.6 is 23.2 Å². The lowest BCUT2D eigenvalue weighted by atomic mass is 9.64. The number of rotatable bonds is 5. The zero-order valence-corrected chi connectivity index (χ0v) is 13.1. The van der Waals surface area contributed by atoms with E-state index >= 15 is 0 Å². The third kappa shape index (κ3) is 3.46. The van der Waals surface area contributed by atoms with Crippen LogP contribution in [0, 0.1) is 0 Å². The molecule has 3 nitrogen and oxygen atoms in total. The van der Waals surface area contributed by atoms with Crippen molar-refractivity contribution in [2.75, 3.05) is 6.54 Å². The summed E-state index contributed by atoms with van der Waals surface area (Å²) in [4.78, 5) is 11.8. The van der Waals surface area contributed by atoms with Gasteiger partial charge < -0.3 is 11.1 Å². The van der Waals surface area contributed by atoms with Crippen LogP contribution in [-0.4, -0.2) is 18.5 Å². The molecule has 0 bridgehead atoms. The van der Waals surface area contributed by atoms with E-state index in [1.54, 1.807) is 6.07 Å². The zero-order valence-electron chi connectivity index (χ0n) is 11.6. The quantitative estimate of drug-likeness (QED) is 0.876. The molecule has 2 rings (SSSR count). The van der Waals surface area contributed by atoms with Crippen molar-refractivity contribution >= 4 is 29.1 Å². The maximum absolute atomic E-state index is 11.8. The zero-order chi connectivity index (χ0) is 14.8. The van der Waals surface area contributed by atoms with Crippen molar-refractivity contribution in [1.82, 2.24) is 5.32 Å². The van der Waals surface area contributed by atoms with Crippen molar-refractivity contribution < 1.29 is 4.79 Å². The van der Waals surface area contributed by atoms with Crippen molar-refractivity contribution in [1.29, 1.82) is 0 Å². The van der Waals surface area contributed by atoms with Crippen molar-refractivity contribution in [2.24, 2.45) is 5.73 Å². The number of hydrogen-bond donors (Lipinski definition) is 2. The highest BCUT2D eigenvalue weighted by Crippen LogP contribution is 2.46. The second-order valence-corrected chi connectivity index (χ2v) is 6.56. The number of nitrogens with two attached hydrogens (primary N) is 1. The van der Waals surface area contributed by atoms with Crippen LogP contribution in [-0.2, 0) is 10.2 Å². The summed E-state index contributed by atoms with van der Waals surface area (Å²) in [6.45, 7) is 2.44. The summed E-state index contributed by atoms with van der Waals surface area (Å²) in [5.41, 5.74) is 6.67. The molecule has 1 aromatic rings. The fraction of sp³-hybridized carbons (Fsp3) is 0.533. The van der Waals surface area contributed by atoms with Crippen LogP contribution in [0.2, 0.25) is 10.0 Å². The van der Waals surface area contributed by atoms with E-state index in [9.17, 15) is 4.79 Å². The van der Waals surface area contributed by atoms with Gasteiger partial charge in [0.1, 0.15) is 0 Å². The number of hydrogen-bond acceptors (Lipinski definition) is 2. The molecule has 1 aromatic carbocycles. The number of halogens is 2. The molecule has 1 aliphatic carbocycles. The maximum atomic E-state index is 11.8. The number of benzene rings is 1. The number of carbonyl (C=O) groups excluding carboxylic acids is 1. The van der Waals surface area contributed by atoms with Crippen molar-refractivity contribution in [3.63, 3.8) is 0 Å². The molecule has 0 radical (unpaired) electrons. The Hall–Kier alpha value is -0.770. The lowest BCUT2D eigenvalue weighted by Crippen LogP contribution is -2.46. The third-order valence-corrected chi connectivity index (χ3v) is 4.49. The number of nitrogens with one attached hydrogen (secondary N) is 1. The highest BCUT2D eigenvalue weighted by atomic mass is 35.5. The first kappa shape index (κ1) is 15.6. The predicted octanol–water partition coefficient (Wildman–Crippen LogP) is 3.27. The summed E-state index contributed by atoms with van der Waals surface area (Å²) in [6, 6.07) is 5.47. The molecule has 110 valence electrons. The first-order chi connectivity index (χ1) is 9.43. The van der Waals surface area contributed by atoms with Gasteiger partial charge in [-0.2, -0.15) is 0 Å². The number of amides is 1. The van der Waals surface area contributed by atoms with Crippen LogP contribution in [0.3, 0.4) is 0 Å². The van der Waals surface area contributed by atoms with Crippen molar-refractivity contribution in [2.45, 2.75) is 44.1 Å². The SMILES string of the molecule is CC(N)CC(=O)NCC1(c2ccc(Cl)cc2Cl)CCC1. The van der Waals surface area contributed by atoms with E-state index in [1.807, 2.05) is 19.1 Å². The van der Waals surface area contributed by atoms with E-state index in [0.29, 0.717) is 23.0 Å². The highest BCUT2D eigenvalue weighted by Gasteiger charge is 2.40. The Balaban J connectivity index is 2.08. The largest absolute Gasteiger partial charge is 0.355 e. The minimum absolute atomic E-state index is 0.00337. The highest BCUT2D eigenvalue weighted by molar-refractivity contribution is 6.35. The summed E-state index contributed by atoms with van der Waals surface area (Å²) in [5, 5.41) is 4.30. The van der Waals surface area contributed by atoms with Crippen LogP contribution in [0.5, 0.6) is 0 Å². The van der Waals surface area contributed by atoms with E-state index in [-0.39, 0.29) is 17.4 Å². The van der Waals surface area contributed by atoms with E-state index in [1.165, 1.54) is 0 Å². The first-order valence-electron chi connectivity index (χ1n) is 6.91. The molecule has 20 heavy (non-hydrogen) atoms. The van der Waals surface area contributed by atoms with Gasteiger partial charge in [0.15, 0.2) is 0 Å². The third-order valence-electron chi connectivity index (χ3n) is 3.94. The Labute approximate surface area is 129 Å². The second kappa shape index (κ2) is 6.33. The summed E-state index contributed by atoms with van der Waals surface area (Å²) in [5.74, 6) is -0.00337. The summed E-state index contributed by atoms with van der Waals surface area (Å²) >= 11 is 12.3. The van der Waals surface area contributed by atoms with E-state index in [2.05, 4.69) is 5.32 Å². The Kier molecular flexibility index (Phi) is 4.95. The van der Waals surface area contributed by atoms with Gasteiger partial charge in [0.25, 0.3) is 0 Å². The van der Waals surface area contributed by atoms with Gasteiger partial charge in [-0.15, -0.1) is 0 Å².